The number of thiazole rings is 1. The highest BCUT2D eigenvalue weighted by Crippen LogP contribution is 2.45. The summed E-state index contributed by atoms with van der Waals surface area (Å²) in [6.07, 6.45) is 0. The van der Waals surface area contributed by atoms with Crippen LogP contribution in [0.25, 0.3) is 10.2 Å². The molecule has 1 atom stereocenters. The van der Waals surface area contributed by atoms with Crippen LogP contribution in [0.1, 0.15) is 32.4 Å². The Balaban J connectivity index is 1.93. The van der Waals surface area contributed by atoms with Crippen molar-refractivity contribution in [3.05, 3.63) is 64.9 Å². The minimum Gasteiger partial charge on any atom is -0.508 e. The van der Waals surface area contributed by atoms with Gasteiger partial charge in [-0.25, -0.2) is 13.8 Å². The number of carbonyl (C=O) groups excluding carboxylic acids is 2. The molecule has 1 amide bonds. The predicted octanol–water partition coefficient (Wildman–Crippen LogP) is 4.80. The number of aliphatic hydroxyl groups excluding tert-OH is 1. The van der Waals surface area contributed by atoms with Crippen LogP contribution >= 0.6 is 11.3 Å². The van der Waals surface area contributed by atoms with Gasteiger partial charge < -0.3 is 10.2 Å². The number of aromatic nitrogens is 1. The molecule has 9 heteroatoms. The van der Waals surface area contributed by atoms with E-state index in [1.807, 2.05) is 0 Å². The molecule has 1 unspecified atom stereocenters. The van der Waals surface area contributed by atoms with Gasteiger partial charge in [0, 0.05) is 11.5 Å². The number of phenols is 1. The highest BCUT2D eigenvalue weighted by molar-refractivity contribution is 7.22. The van der Waals surface area contributed by atoms with E-state index >= 15 is 0 Å². The van der Waals surface area contributed by atoms with E-state index in [1.165, 1.54) is 24.3 Å². The molecule has 0 saturated heterocycles. The molecule has 1 aliphatic rings. The Hall–Kier alpha value is -3.33. The van der Waals surface area contributed by atoms with Gasteiger partial charge in [0.25, 0.3) is 5.91 Å². The summed E-state index contributed by atoms with van der Waals surface area (Å²) in [6.45, 7) is 4.98. The summed E-state index contributed by atoms with van der Waals surface area (Å²) in [7, 11) is 0. The first-order chi connectivity index (χ1) is 14.5. The van der Waals surface area contributed by atoms with Crippen molar-refractivity contribution in [2.24, 2.45) is 5.41 Å². The summed E-state index contributed by atoms with van der Waals surface area (Å²) in [5.74, 6) is -3.72. The zero-order valence-electron chi connectivity index (χ0n) is 16.8. The zero-order chi connectivity index (χ0) is 22.7. The van der Waals surface area contributed by atoms with Crippen molar-refractivity contribution in [3.63, 3.8) is 0 Å². The lowest BCUT2D eigenvalue weighted by Gasteiger charge is -2.27. The Bertz CT molecular complexity index is 1260. The number of benzene rings is 2. The van der Waals surface area contributed by atoms with E-state index in [4.69, 9.17) is 0 Å². The average Bonchev–Trinajstić information content (AvgIpc) is 3.20. The third-order valence-corrected chi connectivity index (χ3v) is 5.95. The number of aromatic hydroxyl groups is 1. The van der Waals surface area contributed by atoms with Crippen molar-refractivity contribution in [1.82, 2.24) is 4.98 Å². The van der Waals surface area contributed by atoms with Gasteiger partial charge in [-0.1, -0.05) is 44.2 Å². The number of carbonyl (C=O) groups is 2. The van der Waals surface area contributed by atoms with Crippen molar-refractivity contribution >= 4 is 38.4 Å². The van der Waals surface area contributed by atoms with Gasteiger partial charge in [0.1, 0.15) is 17.1 Å². The number of phenolic OH excluding ortho intramolecular Hbond substituents is 1. The SMILES string of the molecule is CC(C)(C)C(=O)C1=C(O)C(=O)N(c2nc3c(F)cc(F)cc3s2)C1c1ccc(O)cc1. The molecule has 3 aromatic rings. The van der Waals surface area contributed by atoms with Gasteiger partial charge in [-0.2, -0.15) is 0 Å². The fourth-order valence-electron chi connectivity index (χ4n) is 3.46. The number of fused-ring (bicyclic) bond motifs is 1. The summed E-state index contributed by atoms with van der Waals surface area (Å²) in [6, 6.07) is 6.56. The van der Waals surface area contributed by atoms with E-state index in [1.54, 1.807) is 20.8 Å². The summed E-state index contributed by atoms with van der Waals surface area (Å²) in [5.41, 5.74) is -0.700. The molecule has 160 valence electrons. The number of Topliss-reactive ketones (excluding diaryl/α,β-unsaturated/α-hetero) is 1. The Morgan fingerprint density at radius 2 is 1.77 bits per heavy atom. The van der Waals surface area contributed by atoms with Crippen LogP contribution in [-0.2, 0) is 9.59 Å². The van der Waals surface area contributed by atoms with Crippen LogP contribution in [0.15, 0.2) is 47.7 Å². The van der Waals surface area contributed by atoms with Crippen LogP contribution in [0.2, 0.25) is 0 Å². The van der Waals surface area contributed by atoms with Crippen molar-refractivity contribution in [2.75, 3.05) is 4.90 Å². The molecule has 0 spiro atoms. The van der Waals surface area contributed by atoms with Crippen LogP contribution in [-0.4, -0.2) is 26.9 Å². The van der Waals surface area contributed by atoms with Gasteiger partial charge >= 0.3 is 0 Å². The Morgan fingerprint density at radius 3 is 2.39 bits per heavy atom. The molecule has 0 radical (unpaired) electrons. The van der Waals surface area contributed by atoms with Crippen LogP contribution in [0, 0.1) is 17.0 Å². The summed E-state index contributed by atoms with van der Waals surface area (Å²) in [5, 5.41) is 20.3. The van der Waals surface area contributed by atoms with Gasteiger partial charge in [0.15, 0.2) is 22.5 Å². The van der Waals surface area contributed by atoms with Crippen molar-refractivity contribution in [2.45, 2.75) is 26.8 Å². The molecule has 2 N–H and O–H groups in total. The molecule has 6 nitrogen and oxygen atoms in total. The number of amides is 1. The first kappa shape index (κ1) is 20.9. The van der Waals surface area contributed by atoms with E-state index in [2.05, 4.69) is 4.98 Å². The van der Waals surface area contributed by atoms with Crippen LogP contribution in [0.5, 0.6) is 5.75 Å². The summed E-state index contributed by atoms with van der Waals surface area (Å²) < 4.78 is 28.0. The van der Waals surface area contributed by atoms with Gasteiger partial charge in [-0.05, 0) is 23.8 Å². The van der Waals surface area contributed by atoms with Gasteiger partial charge in [0.05, 0.1) is 16.3 Å². The smallest absolute Gasteiger partial charge is 0.296 e. The third-order valence-electron chi connectivity index (χ3n) is 4.95. The van der Waals surface area contributed by atoms with Gasteiger partial charge in [0.2, 0.25) is 0 Å². The second-order valence-corrected chi connectivity index (χ2v) is 9.25. The molecule has 2 heterocycles. The van der Waals surface area contributed by atoms with E-state index in [-0.39, 0.29) is 26.7 Å². The highest BCUT2D eigenvalue weighted by atomic mass is 32.1. The predicted molar refractivity (Wildman–Crippen MR) is 112 cm³/mol. The number of anilines is 1. The Labute approximate surface area is 180 Å². The number of halogens is 2. The average molecular weight is 444 g/mol. The number of hydrogen-bond donors (Lipinski definition) is 2. The Kier molecular flexibility index (Phi) is 4.81. The fraction of sp³-hybridized carbons (Fsp3) is 0.227. The van der Waals surface area contributed by atoms with Gasteiger partial charge in [-0.15, -0.1) is 0 Å². The van der Waals surface area contributed by atoms with E-state index in [0.717, 1.165) is 22.3 Å². The fourth-order valence-corrected chi connectivity index (χ4v) is 4.49. The normalized spacial score (nSPS) is 17.1. The monoisotopic (exact) mass is 444 g/mol. The van der Waals surface area contributed by atoms with E-state index in [0.29, 0.717) is 11.6 Å². The minimum atomic E-state index is -1.05. The molecular formula is C22H18F2N2O4S. The number of rotatable bonds is 3. The number of hydrogen-bond acceptors (Lipinski definition) is 6. The molecule has 0 aliphatic carbocycles. The molecule has 4 rings (SSSR count). The Morgan fingerprint density at radius 1 is 1.13 bits per heavy atom. The molecule has 0 bridgehead atoms. The van der Waals surface area contributed by atoms with E-state index < -0.39 is 40.5 Å². The maximum absolute atomic E-state index is 14.2. The van der Waals surface area contributed by atoms with Crippen LogP contribution < -0.4 is 4.90 Å². The zero-order valence-corrected chi connectivity index (χ0v) is 17.6. The quantitative estimate of drug-likeness (QED) is 0.606. The first-order valence-electron chi connectivity index (χ1n) is 9.35. The van der Waals surface area contributed by atoms with Gasteiger partial charge in [-0.3, -0.25) is 14.5 Å². The second-order valence-electron chi connectivity index (χ2n) is 8.24. The number of aliphatic hydroxyl groups is 1. The lowest BCUT2D eigenvalue weighted by Crippen LogP contribution is -2.32. The first-order valence-corrected chi connectivity index (χ1v) is 10.2. The van der Waals surface area contributed by atoms with Crippen molar-refractivity contribution in [3.8, 4) is 5.75 Å². The van der Waals surface area contributed by atoms with Crippen molar-refractivity contribution < 1.29 is 28.6 Å². The third kappa shape index (κ3) is 3.44. The highest BCUT2D eigenvalue weighted by Gasteiger charge is 2.47. The number of ketones is 1. The molecular weight excluding hydrogens is 426 g/mol. The molecule has 1 aliphatic heterocycles. The van der Waals surface area contributed by atoms with Crippen LogP contribution in [0.3, 0.4) is 0 Å². The largest absolute Gasteiger partial charge is 0.508 e. The second kappa shape index (κ2) is 7.12. The maximum Gasteiger partial charge on any atom is 0.296 e. The minimum absolute atomic E-state index is 0.00540. The van der Waals surface area contributed by atoms with Crippen LogP contribution in [0.4, 0.5) is 13.9 Å². The maximum atomic E-state index is 14.2. The molecule has 0 saturated carbocycles. The van der Waals surface area contributed by atoms with E-state index in [9.17, 15) is 28.6 Å². The standard InChI is InChI=1S/C22H18F2N2O4S/c1-22(2,3)19(29)15-17(10-4-6-12(27)7-5-10)26(20(30)18(15)28)21-25-16-13(24)8-11(23)9-14(16)31-21/h4-9,17,27-28H,1-3H3. The molecule has 31 heavy (non-hydrogen) atoms. The molecule has 2 aromatic carbocycles. The lowest BCUT2D eigenvalue weighted by atomic mass is 9.82. The lowest BCUT2D eigenvalue weighted by molar-refractivity contribution is -0.123. The number of nitrogens with zero attached hydrogens (tertiary/aromatic N) is 2. The molecule has 1 aromatic heterocycles. The van der Waals surface area contributed by atoms with Crippen molar-refractivity contribution in [1.29, 1.82) is 0 Å². The molecule has 0 fully saturated rings. The summed E-state index contributed by atoms with van der Waals surface area (Å²) >= 11 is 0.867. The summed E-state index contributed by atoms with van der Waals surface area (Å²) in [4.78, 5) is 31.4. The topological polar surface area (TPSA) is 90.7 Å².